The molecule has 0 saturated heterocycles. The van der Waals surface area contributed by atoms with Crippen molar-refractivity contribution in [1.29, 1.82) is 0 Å². The number of sulfonamides is 1. The molecule has 0 aliphatic rings. The number of aromatic nitrogens is 1. The maximum atomic E-state index is 13.4. The van der Waals surface area contributed by atoms with Gasteiger partial charge >= 0.3 is 6.18 Å². The zero-order valence-electron chi connectivity index (χ0n) is 17.8. The first-order chi connectivity index (χ1) is 15.5. The van der Waals surface area contributed by atoms with Crippen molar-refractivity contribution >= 4 is 21.4 Å². The molecule has 12 heteroatoms. The van der Waals surface area contributed by atoms with Gasteiger partial charge in [0.15, 0.2) is 11.5 Å². The minimum Gasteiger partial charge on any atom is -0.493 e. The number of halogens is 4. The van der Waals surface area contributed by atoms with Gasteiger partial charge in [-0.25, -0.2) is 22.5 Å². The van der Waals surface area contributed by atoms with Crippen molar-refractivity contribution in [2.24, 2.45) is 0 Å². The average Bonchev–Trinajstić information content (AvgIpc) is 3.12. The number of thiazole rings is 1. The summed E-state index contributed by atoms with van der Waals surface area (Å²) in [6.07, 6.45) is -4.74. The Morgan fingerprint density at radius 2 is 1.76 bits per heavy atom. The summed E-state index contributed by atoms with van der Waals surface area (Å²) < 4.78 is 89.7. The van der Waals surface area contributed by atoms with E-state index in [4.69, 9.17) is 9.47 Å². The Labute approximate surface area is 192 Å². The fourth-order valence-electron chi connectivity index (χ4n) is 3.02. The molecule has 0 radical (unpaired) electrons. The number of ether oxygens (including phenoxy) is 2. The average molecular weight is 505 g/mol. The van der Waals surface area contributed by atoms with Gasteiger partial charge in [0.05, 0.1) is 30.4 Å². The van der Waals surface area contributed by atoms with Crippen LogP contribution in [-0.2, 0) is 22.6 Å². The van der Waals surface area contributed by atoms with Crippen LogP contribution in [0.4, 0.5) is 17.6 Å². The summed E-state index contributed by atoms with van der Waals surface area (Å²) in [4.78, 5) is 4.65. The van der Waals surface area contributed by atoms with Gasteiger partial charge < -0.3 is 9.47 Å². The lowest BCUT2D eigenvalue weighted by molar-refractivity contribution is -0.140. The summed E-state index contributed by atoms with van der Waals surface area (Å²) in [6.45, 7) is 1.70. The van der Waals surface area contributed by atoms with Gasteiger partial charge in [-0.05, 0) is 49.7 Å². The Morgan fingerprint density at radius 3 is 2.39 bits per heavy atom. The molecule has 33 heavy (non-hydrogen) atoms. The molecule has 0 unspecified atom stereocenters. The first-order valence-corrected chi connectivity index (χ1v) is 11.8. The first kappa shape index (κ1) is 24.9. The van der Waals surface area contributed by atoms with Crippen LogP contribution in [-0.4, -0.2) is 34.2 Å². The predicted octanol–water partition coefficient (Wildman–Crippen LogP) is 4.81. The molecule has 0 aliphatic heterocycles. The Bertz CT molecular complexity index is 1260. The van der Waals surface area contributed by atoms with Crippen LogP contribution in [0.1, 0.15) is 16.1 Å². The molecule has 1 N–H and O–H groups in total. The number of aryl methyl sites for hydroxylation is 1. The van der Waals surface area contributed by atoms with Crippen molar-refractivity contribution < 1.29 is 35.5 Å². The minimum absolute atomic E-state index is 0.0739. The molecule has 178 valence electrons. The Morgan fingerprint density at radius 1 is 1.06 bits per heavy atom. The molecular formula is C21H20F4N2O4S2. The third-order valence-corrected chi connectivity index (χ3v) is 7.45. The van der Waals surface area contributed by atoms with Gasteiger partial charge in [0.2, 0.25) is 10.0 Å². The van der Waals surface area contributed by atoms with Gasteiger partial charge in [-0.3, -0.25) is 0 Å². The molecule has 0 atom stereocenters. The maximum Gasteiger partial charge on any atom is 0.419 e. The Hall–Kier alpha value is -2.70. The van der Waals surface area contributed by atoms with Crippen LogP contribution in [0, 0.1) is 12.7 Å². The fraction of sp³-hybridized carbons (Fsp3) is 0.286. The lowest BCUT2D eigenvalue weighted by Gasteiger charge is -2.11. The van der Waals surface area contributed by atoms with Gasteiger partial charge in [-0.1, -0.05) is 0 Å². The van der Waals surface area contributed by atoms with Crippen LogP contribution in [0.5, 0.6) is 11.5 Å². The van der Waals surface area contributed by atoms with Gasteiger partial charge in [-0.2, -0.15) is 13.2 Å². The highest BCUT2D eigenvalue weighted by Crippen LogP contribution is 2.35. The predicted molar refractivity (Wildman–Crippen MR) is 116 cm³/mol. The quantitative estimate of drug-likeness (QED) is 0.446. The van der Waals surface area contributed by atoms with Crippen molar-refractivity contribution in [3.63, 3.8) is 0 Å². The highest BCUT2D eigenvalue weighted by molar-refractivity contribution is 7.89. The number of methoxy groups -OCH3 is 2. The molecular weight excluding hydrogens is 484 g/mol. The lowest BCUT2D eigenvalue weighted by Crippen LogP contribution is -2.26. The highest BCUT2D eigenvalue weighted by Gasteiger charge is 2.35. The molecule has 0 aliphatic carbocycles. The monoisotopic (exact) mass is 504 g/mol. The summed E-state index contributed by atoms with van der Waals surface area (Å²) in [5.41, 5.74) is -0.146. The van der Waals surface area contributed by atoms with Crippen LogP contribution < -0.4 is 14.2 Å². The van der Waals surface area contributed by atoms with E-state index >= 15 is 0 Å². The molecule has 0 bridgehead atoms. The van der Waals surface area contributed by atoms with E-state index in [-0.39, 0.29) is 19.0 Å². The molecule has 3 aromatic rings. The number of nitrogens with one attached hydrogen (secondary N) is 1. The summed E-state index contributed by atoms with van der Waals surface area (Å²) in [5, 5.41) is 0.694. The zero-order valence-corrected chi connectivity index (χ0v) is 19.4. The van der Waals surface area contributed by atoms with Crippen molar-refractivity contribution in [2.45, 2.75) is 24.4 Å². The summed E-state index contributed by atoms with van der Waals surface area (Å²) in [6, 6.07) is 6.90. The van der Waals surface area contributed by atoms with E-state index in [2.05, 4.69) is 9.71 Å². The van der Waals surface area contributed by atoms with Crippen LogP contribution in [0.15, 0.2) is 41.3 Å². The summed E-state index contributed by atoms with van der Waals surface area (Å²) >= 11 is 1.36. The van der Waals surface area contributed by atoms with Gasteiger partial charge in [-0.15, -0.1) is 11.3 Å². The number of benzene rings is 2. The molecule has 1 aromatic heterocycles. The topological polar surface area (TPSA) is 77.5 Å². The van der Waals surface area contributed by atoms with E-state index in [1.165, 1.54) is 25.6 Å². The van der Waals surface area contributed by atoms with Crippen molar-refractivity contribution in [3.05, 3.63) is 58.3 Å². The van der Waals surface area contributed by atoms with Crippen LogP contribution in [0.25, 0.3) is 10.6 Å². The second-order valence-corrected chi connectivity index (χ2v) is 9.74. The molecule has 2 aromatic carbocycles. The molecule has 1 heterocycles. The van der Waals surface area contributed by atoms with E-state index < -0.39 is 32.5 Å². The number of rotatable bonds is 8. The van der Waals surface area contributed by atoms with E-state index in [0.717, 1.165) is 16.5 Å². The largest absolute Gasteiger partial charge is 0.493 e. The van der Waals surface area contributed by atoms with Crippen molar-refractivity contribution in [3.8, 4) is 22.1 Å². The SMILES string of the molecule is COc1ccc(-c2nc(C)c(CCNS(=O)(=O)c3ccc(F)c(C(F)(F)F)c3)s2)cc1OC. The minimum atomic E-state index is -5.00. The molecule has 0 saturated carbocycles. The van der Waals surface area contributed by atoms with E-state index in [1.807, 2.05) is 6.07 Å². The van der Waals surface area contributed by atoms with Crippen LogP contribution >= 0.6 is 11.3 Å². The van der Waals surface area contributed by atoms with E-state index in [0.29, 0.717) is 28.3 Å². The molecule has 0 spiro atoms. The standard InChI is InChI=1S/C21H20F4N2O4S2/c1-12-19(32-20(27-12)13-4-7-17(30-2)18(10-13)31-3)8-9-26-33(28,29)14-5-6-16(22)15(11-14)21(23,24)25/h4-7,10-11,26H,8-9H2,1-3H3. The Balaban J connectivity index is 1.73. The van der Waals surface area contributed by atoms with Crippen molar-refractivity contribution in [1.82, 2.24) is 9.71 Å². The van der Waals surface area contributed by atoms with E-state index in [1.54, 1.807) is 19.1 Å². The molecule has 3 rings (SSSR count). The normalized spacial score (nSPS) is 12.1. The third kappa shape index (κ3) is 5.63. The van der Waals surface area contributed by atoms with Crippen LogP contribution in [0.2, 0.25) is 0 Å². The Kier molecular flexibility index (Phi) is 7.29. The van der Waals surface area contributed by atoms with Gasteiger partial charge in [0.1, 0.15) is 10.8 Å². The lowest BCUT2D eigenvalue weighted by atomic mass is 10.2. The molecule has 6 nitrogen and oxygen atoms in total. The summed E-state index contributed by atoms with van der Waals surface area (Å²) in [7, 11) is -1.22. The van der Waals surface area contributed by atoms with Gasteiger partial charge in [0, 0.05) is 17.0 Å². The van der Waals surface area contributed by atoms with Crippen molar-refractivity contribution in [2.75, 3.05) is 20.8 Å². The molecule has 0 fully saturated rings. The number of hydrogen-bond acceptors (Lipinski definition) is 6. The maximum absolute atomic E-state index is 13.4. The first-order valence-electron chi connectivity index (χ1n) is 9.51. The second-order valence-electron chi connectivity index (χ2n) is 6.88. The molecule has 0 amide bonds. The second kappa shape index (κ2) is 9.65. The number of alkyl halides is 3. The zero-order chi connectivity index (χ0) is 24.4. The number of hydrogen-bond donors (Lipinski definition) is 1. The fourth-order valence-corrected chi connectivity index (χ4v) is 5.14. The van der Waals surface area contributed by atoms with Gasteiger partial charge in [0.25, 0.3) is 0 Å². The van der Waals surface area contributed by atoms with E-state index in [9.17, 15) is 26.0 Å². The van der Waals surface area contributed by atoms with Crippen LogP contribution in [0.3, 0.4) is 0 Å². The third-order valence-electron chi connectivity index (χ3n) is 4.72. The smallest absolute Gasteiger partial charge is 0.419 e. The number of nitrogens with zero attached hydrogens (tertiary/aromatic N) is 1. The highest BCUT2D eigenvalue weighted by atomic mass is 32.2. The summed E-state index contributed by atoms with van der Waals surface area (Å²) in [5.74, 6) is -0.433.